The summed E-state index contributed by atoms with van der Waals surface area (Å²) >= 11 is 0. The molecule has 0 spiro atoms. The lowest BCUT2D eigenvalue weighted by Crippen LogP contribution is -1.90. The van der Waals surface area contributed by atoms with Crippen molar-refractivity contribution in [2.75, 3.05) is 0 Å². The van der Waals surface area contributed by atoms with Gasteiger partial charge in [-0.2, -0.15) is 0 Å². The first-order chi connectivity index (χ1) is 11.9. The van der Waals surface area contributed by atoms with Crippen LogP contribution in [0, 0.1) is 6.07 Å². The average Bonchev–Trinajstić information content (AvgIpc) is 2.98. The monoisotopic (exact) mass is 319 g/mol. The van der Waals surface area contributed by atoms with Gasteiger partial charge in [-0.1, -0.05) is 94.7 Å². The molecule has 0 amide bonds. The first-order valence-electron chi connectivity index (χ1n) is 10.0. The number of unbranched alkanes of at least 4 members (excludes halogenated alkanes) is 8. The summed E-state index contributed by atoms with van der Waals surface area (Å²) in [6.07, 6.45) is 14.8. The zero-order chi connectivity index (χ0) is 16.6. The summed E-state index contributed by atoms with van der Waals surface area (Å²) < 4.78 is 0. The van der Waals surface area contributed by atoms with Gasteiger partial charge in [0.25, 0.3) is 0 Å². The van der Waals surface area contributed by atoms with E-state index in [0.29, 0.717) is 0 Å². The van der Waals surface area contributed by atoms with Gasteiger partial charge in [-0.05, 0) is 53.1 Å². The third-order valence-corrected chi connectivity index (χ3v) is 5.31. The van der Waals surface area contributed by atoms with Crippen molar-refractivity contribution in [1.29, 1.82) is 0 Å². The largest absolute Gasteiger partial charge is 0.0654 e. The fourth-order valence-electron chi connectivity index (χ4n) is 3.88. The van der Waals surface area contributed by atoms with Crippen LogP contribution in [-0.2, 0) is 12.8 Å². The van der Waals surface area contributed by atoms with Gasteiger partial charge in [0, 0.05) is 0 Å². The van der Waals surface area contributed by atoms with Crippen LogP contribution in [0.15, 0.2) is 36.4 Å². The molecule has 0 N–H and O–H groups in total. The van der Waals surface area contributed by atoms with E-state index in [2.05, 4.69) is 49.4 Å². The summed E-state index contributed by atoms with van der Waals surface area (Å²) in [6, 6.07) is 17.1. The van der Waals surface area contributed by atoms with Crippen molar-refractivity contribution in [3.05, 3.63) is 59.2 Å². The Labute approximate surface area is 148 Å². The molecule has 0 aromatic heterocycles. The zero-order valence-corrected chi connectivity index (χ0v) is 15.2. The topological polar surface area (TPSA) is 0 Å². The summed E-state index contributed by atoms with van der Waals surface area (Å²) in [5.41, 5.74) is 7.10. The number of benzene rings is 2. The number of rotatable bonds is 10. The number of aryl methyl sites for hydroxylation is 1. The van der Waals surface area contributed by atoms with E-state index in [1.165, 1.54) is 92.0 Å². The molecule has 2 aromatic carbocycles. The van der Waals surface area contributed by atoms with E-state index in [4.69, 9.17) is 0 Å². The molecule has 2 aromatic rings. The van der Waals surface area contributed by atoms with Crippen molar-refractivity contribution in [3.63, 3.8) is 0 Å². The Morgan fingerprint density at radius 3 is 2.25 bits per heavy atom. The second kappa shape index (κ2) is 9.06. The number of fused-ring (bicyclic) bond motifs is 3. The van der Waals surface area contributed by atoms with E-state index in [-0.39, 0.29) is 0 Å². The lowest BCUT2D eigenvalue weighted by atomic mass is 9.99. The van der Waals surface area contributed by atoms with Crippen molar-refractivity contribution in [2.45, 2.75) is 77.6 Å². The molecule has 0 aliphatic heterocycles. The molecule has 0 unspecified atom stereocenters. The molecular weight excluding hydrogens is 288 g/mol. The Bertz CT molecular complexity index is 638. The first-order valence-corrected chi connectivity index (χ1v) is 10.0. The summed E-state index contributed by atoms with van der Waals surface area (Å²) in [5, 5.41) is 0. The number of hydrogen-bond acceptors (Lipinski definition) is 0. The summed E-state index contributed by atoms with van der Waals surface area (Å²) in [6.45, 7) is 2.29. The fraction of sp³-hybridized carbons (Fsp3) is 0.500. The third kappa shape index (κ3) is 4.50. The van der Waals surface area contributed by atoms with Gasteiger partial charge in [0.1, 0.15) is 0 Å². The van der Waals surface area contributed by atoms with Crippen molar-refractivity contribution in [2.24, 2.45) is 0 Å². The molecule has 0 heteroatoms. The molecule has 127 valence electrons. The molecule has 0 heterocycles. The fourth-order valence-corrected chi connectivity index (χ4v) is 3.88. The molecule has 0 nitrogen and oxygen atoms in total. The molecule has 1 aliphatic rings. The van der Waals surface area contributed by atoms with Gasteiger partial charge >= 0.3 is 0 Å². The molecule has 1 aliphatic carbocycles. The van der Waals surface area contributed by atoms with Gasteiger partial charge < -0.3 is 0 Å². The maximum atomic E-state index is 3.70. The maximum absolute atomic E-state index is 3.70. The molecule has 0 fully saturated rings. The van der Waals surface area contributed by atoms with E-state index >= 15 is 0 Å². The minimum atomic E-state index is 1.07. The van der Waals surface area contributed by atoms with Gasteiger partial charge in [-0.25, -0.2) is 0 Å². The smallest absolute Gasteiger partial charge is 0.000718 e. The highest BCUT2D eigenvalue weighted by Gasteiger charge is 2.17. The minimum Gasteiger partial charge on any atom is -0.0654 e. The van der Waals surface area contributed by atoms with E-state index in [1.807, 2.05) is 0 Å². The Hall–Kier alpha value is -1.56. The molecular formula is C24H31. The van der Waals surface area contributed by atoms with Gasteiger partial charge in [0.05, 0.1) is 0 Å². The van der Waals surface area contributed by atoms with Crippen LogP contribution in [0.4, 0.5) is 0 Å². The van der Waals surface area contributed by atoms with Crippen LogP contribution in [-0.4, -0.2) is 0 Å². The van der Waals surface area contributed by atoms with Crippen LogP contribution in [0.5, 0.6) is 0 Å². The van der Waals surface area contributed by atoms with Crippen molar-refractivity contribution >= 4 is 0 Å². The van der Waals surface area contributed by atoms with Gasteiger partial charge in [0.15, 0.2) is 0 Å². The molecule has 0 bridgehead atoms. The molecule has 3 rings (SSSR count). The maximum Gasteiger partial charge on any atom is -0.000718 e. The van der Waals surface area contributed by atoms with Crippen LogP contribution in [0.2, 0.25) is 0 Å². The third-order valence-electron chi connectivity index (χ3n) is 5.31. The van der Waals surface area contributed by atoms with E-state index in [9.17, 15) is 0 Å². The normalized spacial score (nSPS) is 12.2. The lowest BCUT2D eigenvalue weighted by Gasteiger charge is -2.05. The van der Waals surface area contributed by atoms with Crippen molar-refractivity contribution in [3.8, 4) is 11.1 Å². The van der Waals surface area contributed by atoms with Crippen LogP contribution in [0.1, 0.15) is 81.4 Å². The van der Waals surface area contributed by atoms with Crippen LogP contribution >= 0.6 is 0 Å². The summed E-state index contributed by atoms with van der Waals surface area (Å²) in [4.78, 5) is 0. The molecule has 0 saturated heterocycles. The second-order valence-electron chi connectivity index (χ2n) is 7.29. The molecule has 1 radical (unpaired) electrons. The highest BCUT2D eigenvalue weighted by Crippen LogP contribution is 2.36. The summed E-state index contributed by atoms with van der Waals surface area (Å²) in [5.74, 6) is 0. The lowest BCUT2D eigenvalue weighted by molar-refractivity contribution is 0.565. The van der Waals surface area contributed by atoms with Gasteiger partial charge in [-0.3, -0.25) is 0 Å². The predicted octanol–water partition coefficient (Wildman–Crippen LogP) is 7.13. The Balaban J connectivity index is 1.38. The van der Waals surface area contributed by atoms with E-state index < -0.39 is 0 Å². The number of hydrogen-bond donors (Lipinski definition) is 0. The van der Waals surface area contributed by atoms with Gasteiger partial charge in [-0.15, -0.1) is 0 Å². The standard InChI is InChI=1S/C24H31/c1-2-3-4-5-6-7-8-9-10-13-20-16-17-24-22(18-20)19-21-14-11-12-15-23(21)24/h11-12,14-17H,2-10,13,19H2,1H3. The van der Waals surface area contributed by atoms with E-state index in [1.54, 1.807) is 0 Å². The Kier molecular flexibility index (Phi) is 6.52. The van der Waals surface area contributed by atoms with Crippen molar-refractivity contribution in [1.82, 2.24) is 0 Å². The van der Waals surface area contributed by atoms with Crippen molar-refractivity contribution < 1.29 is 0 Å². The summed E-state index contributed by atoms with van der Waals surface area (Å²) in [7, 11) is 0. The highest BCUT2D eigenvalue weighted by molar-refractivity contribution is 5.76. The first kappa shape index (κ1) is 17.3. The zero-order valence-electron chi connectivity index (χ0n) is 15.2. The second-order valence-corrected chi connectivity index (χ2v) is 7.29. The van der Waals surface area contributed by atoms with Crippen LogP contribution < -0.4 is 0 Å². The Morgan fingerprint density at radius 2 is 1.46 bits per heavy atom. The molecule has 0 saturated carbocycles. The average molecular weight is 320 g/mol. The van der Waals surface area contributed by atoms with E-state index in [0.717, 1.165) is 6.42 Å². The van der Waals surface area contributed by atoms with Crippen LogP contribution in [0.3, 0.4) is 0 Å². The SMILES string of the molecule is CCCCCCCCCCCc1[c]c2c(cc1)-c1ccccc1C2. The Morgan fingerprint density at radius 1 is 0.750 bits per heavy atom. The predicted molar refractivity (Wildman–Crippen MR) is 104 cm³/mol. The molecule has 24 heavy (non-hydrogen) atoms. The highest BCUT2D eigenvalue weighted by atomic mass is 14.2. The van der Waals surface area contributed by atoms with Gasteiger partial charge in [0.2, 0.25) is 0 Å². The minimum absolute atomic E-state index is 1.07. The quantitative estimate of drug-likeness (QED) is 0.349. The molecule has 0 atom stereocenters. The van der Waals surface area contributed by atoms with Crippen LogP contribution in [0.25, 0.3) is 11.1 Å².